The summed E-state index contributed by atoms with van der Waals surface area (Å²) in [4.78, 5) is 12.2. The van der Waals surface area contributed by atoms with Gasteiger partial charge in [-0.2, -0.15) is 14.4 Å². The molecular weight excluding hydrogens is 337 g/mol. The number of hydrogen-bond acceptors (Lipinski definition) is 6. The van der Waals surface area contributed by atoms with E-state index >= 15 is 0 Å². The van der Waals surface area contributed by atoms with Crippen LogP contribution in [0.15, 0.2) is 30.6 Å². The van der Waals surface area contributed by atoms with Crippen molar-refractivity contribution in [1.82, 2.24) is 19.5 Å². The van der Waals surface area contributed by atoms with E-state index in [0.717, 1.165) is 30.6 Å². The monoisotopic (exact) mass is 357 g/mol. The minimum Gasteiger partial charge on any atom is -0.497 e. The predicted octanol–water partition coefficient (Wildman–Crippen LogP) is 3.29. The molecule has 1 N–H and O–H groups in total. The fourth-order valence-electron chi connectivity index (χ4n) is 3.14. The Morgan fingerprint density at radius 1 is 1.35 bits per heavy atom. The van der Waals surface area contributed by atoms with Gasteiger partial charge in [-0.3, -0.25) is 4.57 Å². The van der Waals surface area contributed by atoms with Crippen LogP contribution in [0.5, 0.6) is 5.75 Å². The number of methoxy groups -OCH3 is 1. The van der Waals surface area contributed by atoms with Crippen LogP contribution in [0.3, 0.4) is 0 Å². The summed E-state index contributed by atoms with van der Waals surface area (Å²) in [7, 11) is 1.62. The molecule has 7 nitrogen and oxygen atoms in total. The summed E-state index contributed by atoms with van der Waals surface area (Å²) in [5, 5.41) is 3.15. The number of benzene rings is 1. The van der Waals surface area contributed by atoms with E-state index < -0.39 is 6.08 Å². The molecule has 26 heavy (non-hydrogen) atoms. The molecule has 0 bridgehead atoms. The number of halogens is 1. The van der Waals surface area contributed by atoms with Gasteiger partial charge in [0.25, 0.3) is 0 Å². The second kappa shape index (κ2) is 7.25. The molecule has 1 atom stereocenters. The molecule has 2 aromatic heterocycles. The van der Waals surface area contributed by atoms with Crippen LogP contribution in [0.1, 0.15) is 31.1 Å². The van der Waals surface area contributed by atoms with Crippen molar-refractivity contribution in [3.8, 4) is 5.75 Å². The van der Waals surface area contributed by atoms with E-state index in [0.29, 0.717) is 30.1 Å². The average Bonchev–Trinajstić information content (AvgIpc) is 3.10. The van der Waals surface area contributed by atoms with Gasteiger partial charge in [0.2, 0.25) is 0 Å². The van der Waals surface area contributed by atoms with Gasteiger partial charge < -0.3 is 14.8 Å². The van der Waals surface area contributed by atoms with E-state index in [-0.39, 0.29) is 6.23 Å². The zero-order chi connectivity index (χ0) is 17.9. The Kier molecular flexibility index (Phi) is 4.66. The zero-order valence-electron chi connectivity index (χ0n) is 14.5. The van der Waals surface area contributed by atoms with Crippen LogP contribution in [0.4, 0.5) is 10.2 Å². The maximum atomic E-state index is 14.0. The quantitative estimate of drug-likeness (QED) is 0.707. The van der Waals surface area contributed by atoms with Gasteiger partial charge >= 0.3 is 6.08 Å². The standard InChI is InChI=1S/C18H20FN5O2/c1-25-13-6-4-5-12(9-13)10-20-16-15-17(23-18(19)22-16)24(11-21-15)14-7-2-3-8-26-14/h4-6,9,11,14H,2-3,7-8,10H2,1H3,(H,20,22,23). The van der Waals surface area contributed by atoms with Crippen molar-refractivity contribution in [3.63, 3.8) is 0 Å². The molecular formula is C18H20FN5O2. The smallest absolute Gasteiger partial charge is 0.312 e. The molecule has 1 unspecified atom stereocenters. The van der Waals surface area contributed by atoms with Crippen LogP contribution in [0.2, 0.25) is 0 Å². The van der Waals surface area contributed by atoms with Crippen molar-refractivity contribution in [2.45, 2.75) is 32.0 Å². The predicted molar refractivity (Wildman–Crippen MR) is 94.4 cm³/mol. The summed E-state index contributed by atoms with van der Waals surface area (Å²) in [6.07, 6.45) is 3.67. The van der Waals surface area contributed by atoms with Gasteiger partial charge in [0.1, 0.15) is 12.0 Å². The van der Waals surface area contributed by atoms with Gasteiger partial charge in [0, 0.05) is 13.2 Å². The number of nitrogens with one attached hydrogen (secondary N) is 1. The molecule has 0 aliphatic carbocycles. The molecule has 1 fully saturated rings. The van der Waals surface area contributed by atoms with E-state index in [2.05, 4.69) is 20.3 Å². The number of imidazole rings is 1. The normalized spacial score (nSPS) is 17.4. The number of fused-ring (bicyclic) bond motifs is 1. The Balaban J connectivity index is 1.61. The lowest BCUT2D eigenvalue weighted by atomic mass is 10.2. The van der Waals surface area contributed by atoms with E-state index in [1.807, 2.05) is 24.3 Å². The molecule has 0 spiro atoms. The lowest BCUT2D eigenvalue weighted by Gasteiger charge is -2.23. The zero-order valence-corrected chi connectivity index (χ0v) is 14.5. The first-order chi connectivity index (χ1) is 12.7. The van der Waals surface area contributed by atoms with Crippen LogP contribution in [-0.2, 0) is 11.3 Å². The Morgan fingerprint density at radius 3 is 3.08 bits per heavy atom. The fourth-order valence-corrected chi connectivity index (χ4v) is 3.14. The number of hydrogen-bond donors (Lipinski definition) is 1. The lowest BCUT2D eigenvalue weighted by Crippen LogP contribution is -2.18. The lowest BCUT2D eigenvalue weighted by molar-refractivity contribution is -0.0298. The van der Waals surface area contributed by atoms with E-state index in [9.17, 15) is 4.39 Å². The van der Waals surface area contributed by atoms with Crippen molar-refractivity contribution >= 4 is 17.0 Å². The summed E-state index contributed by atoms with van der Waals surface area (Å²) in [6.45, 7) is 1.16. The first-order valence-corrected chi connectivity index (χ1v) is 8.63. The third kappa shape index (κ3) is 3.32. The van der Waals surface area contributed by atoms with Gasteiger partial charge in [-0.25, -0.2) is 4.98 Å². The molecule has 1 aromatic carbocycles. The Bertz CT molecular complexity index is 908. The molecule has 1 aliphatic heterocycles. The highest BCUT2D eigenvalue weighted by molar-refractivity contribution is 5.82. The van der Waals surface area contributed by atoms with Crippen molar-refractivity contribution in [3.05, 3.63) is 42.2 Å². The van der Waals surface area contributed by atoms with Crippen LogP contribution < -0.4 is 10.1 Å². The van der Waals surface area contributed by atoms with Crippen molar-refractivity contribution < 1.29 is 13.9 Å². The Morgan fingerprint density at radius 2 is 2.27 bits per heavy atom. The molecule has 1 aliphatic rings. The highest BCUT2D eigenvalue weighted by Gasteiger charge is 2.21. The highest BCUT2D eigenvalue weighted by atomic mass is 19.1. The van der Waals surface area contributed by atoms with Gasteiger partial charge in [-0.05, 0) is 37.0 Å². The molecule has 0 saturated carbocycles. The minimum absolute atomic E-state index is 0.158. The molecule has 1 saturated heterocycles. The van der Waals surface area contributed by atoms with Crippen LogP contribution in [0.25, 0.3) is 11.2 Å². The van der Waals surface area contributed by atoms with Crippen molar-refractivity contribution in [2.75, 3.05) is 19.0 Å². The second-order valence-corrected chi connectivity index (χ2v) is 6.19. The third-order valence-corrected chi connectivity index (χ3v) is 4.45. The SMILES string of the molecule is COc1cccc(CNc2nc(F)nc3c2ncn3C2CCCCO2)c1. The number of nitrogens with zero attached hydrogens (tertiary/aromatic N) is 4. The summed E-state index contributed by atoms with van der Waals surface area (Å²) < 4.78 is 26.8. The summed E-state index contributed by atoms with van der Waals surface area (Å²) in [6, 6.07) is 7.65. The molecule has 4 rings (SSSR count). The van der Waals surface area contributed by atoms with Crippen molar-refractivity contribution in [2.24, 2.45) is 0 Å². The average molecular weight is 357 g/mol. The Hall–Kier alpha value is -2.74. The molecule has 8 heteroatoms. The van der Waals surface area contributed by atoms with E-state index in [4.69, 9.17) is 9.47 Å². The maximum Gasteiger partial charge on any atom is 0.312 e. The van der Waals surface area contributed by atoms with Crippen LogP contribution >= 0.6 is 0 Å². The molecule has 3 aromatic rings. The molecule has 0 amide bonds. The molecule has 3 heterocycles. The van der Waals surface area contributed by atoms with E-state index in [1.165, 1.54) is 0 Å². The largest absolute Gasteiger partial charge is 0.497 e. The first-order valence-electron chi connectivity index (χ1n) is 8.63. The molecule has 0 radical (unpaired) electrons. The number of rotatable bonds is 5. The van der Waals surface area contributed by atoms with Gasteiger partial charge in [-0.1, -0.05) is 12.1 Å². The third-order valence-electron chi connectivity index (χ3n) is 4.45. The van der Waals surface area contributed by atoms with Crippen LogP contribution in [0, 0.1) is 6.08 Å². The van der Waals surface area contributed by atoms with Crippen LogP contribution in [-0.4, -0.2) is 33.2 Å². The summed E-state index contributed by atoms with van der Waals surface area (Å²) in [5.41, 5.74) is 1.97. The summed E-state index contributed by atoms with van der Waals surface area (Å²) in [5.74, 6) is 1.13. The molecule has 136 valence electrons. The second-order valence-electron chi connectivity index (χ2n) is 6.19. The number of anilines is 1. The minimum atomic E-state index is -0.789. The van der Waals surface area contributed by atoms with Gasteiger partial charge in [-0.15, -0.1) is 0 Å². The maximum absolute atomic E-state index is 14.0. The fraction of sp³-hybridized carbons (Fsp3) is 0.389. The number of aromatic nitrogens is 4. The highest BCUT2D eigenvalue weighted by Crippen LogP contribution is 2.28. The topological polar surface area (TPSA) is 74.1 Å². The van der Waals surface area contributed by atoms with Gasteiger partial charge in [0.15, 0.2) is 17.0 Å². The van der Waals surface area contributed by atoms with Gasteiger partial charge in [0.05, 0.1) is 13.4 Å². The van der Waals surface area contributed by atoms with E-state index in [1.54, 1.807) is 18.0 Å². The Labute approximate surface area is 150 Å². The van der Waals surface area contributed by atoms with Crippen molar-refractivity contribution in [1.29, 1.82) is 0 Å². The number of ether oxygens (including phenoxy) is 2. The first kappa shape index (κ1) is 16.7. The summed E-state index contributed by atoms with van der Waals surface area (Å²) >= 11 is 0.